The number of nitrogens with zero attached hydrogens (tertiary/aromatic N) is 4. The van der Waals surface area contributed by atoms with Crippen LogP contribution in [0.3, 0.4) is 0 Å². The van der Waals surface area contributed by atoms with Crippen molar-refractivity contribution in [1.82, 2.24) is 14.2 Å². The van der Waals surface area contributed by atoms with Crippen molar-refractivity contribution >= 4 is 21.7 Å². The molecule has 0 saturated carbocycles. The summed E-state index contributed by atoms with van der Waals surface area (Å²) in [7, 11) is -3.45. The summed E-state index contributed by atoms with van der Waals surface area (Å²) in [6, 6.07) is 8.72. The average molecular weight is 623 g/mol. The van der Waals surface area contributed by atoms with Gasteiger partial charge in [0.15, 0.2) is 0 Å². The molecule has 0 radical (unpaired) electrons. The number of carbonyl (C=O) groups is 1. The predicted molar refractivity (Wildman–Crippen MR) is 159 cm³/mol. The van der Waals surface area contributed by atoms with Crippen molar-refractivity contribution in [3.8, 4) is 0 Å². The lowest BCUT2D eigenvalue weighted by atomic mass is 9.90. The summed E-state index contributed by atoms with van der Waals surface area (Å²) in [6.45, 7) is 7.17. The van der Waals surface area contributed by atoms with Crippen molar-refractivity contribution in [2.45, 2.75) is 62.8 Å². The fourth-order valence-corrected chi connectivity index (χ4v) is 8.59. The normalized spacial score (nSPS) is 20.8. The van der Waals surface area contributed by atoms with Gasteiger partial charge in [-0.05, 0) is 106 Å². The number of aromatic nitrogens is 1. The molecular formula is C31H41F3N4O4S. The lowest BCUT2D eigenvalue weighted by Gasteiger charge is -2.39. The molecule has 3 aliphatic rings. The molecule has 0 N–H and O–H groups in total. The van der Waals surface area contributed by atoms with E-state index in [1.807, 2.05) is 24.3 Å². The van der Waals surface area contributed by atoms with Crippen LogP contribution in [0.2, 0.25) is 0 Å². The number of halogens is 3. The van der Waals surface area contributed by atoms with Gasteiger partial charge in [0.1, 0.15) is 0 Å². The van der Waals surface area contributed by atoms with E-state index >= 15 is 0 Å². The van der Waals surface area contributed by atoms with Crippen LogP contribution in [0.1, 0.15) is 72.9 Å². The maximum atomic E-state index is 13.4. The number of ether oxygens (including phenoxy) is 1. The third-order valence-electron chi connectivity index (χ3n) is 9.20. The van der Waals surface area contributed by atoms with Crippen LogP contribution in [-0.2, 0) is 20.9 Å². The molecule has 0 aliphatic carbocycles. The minimum Gasteiger partial charge on any atom is -0.462 e. The first-order valence-corrected chi connectivity index (χ1v) is 16.8. The second-order valence-electron chi connectivity index (χ2n) is 11.9. The predicted octanol–water partition coefficient (Wildman–Crippen LogP) is 5.17. The maximum Gasteiger partial charge on any atom is 0.417 e. The van der Waals surface area contributed by atoms with Gasteiger partial charge in [-0.25, -0.2) is 17.5 Å². The third kappa shape index (κ3) is 7.69. The van der Waals surface area contributed by atoms with Crippen LogP contribution in [0.5, 0.6) is 0 Å². The van der Waals surface area contributed by atoms with Crippen molar-refractivity contribution < 1.29 is 31.1 Å². The van der Waals surface area contributed by atoms with E-state index in [0.717, 1.165) is 63.5 Å². The fourth-order valence-electron chi connectivity index (χ4n) is 6.64. The second kappa shape index (κ2) is 13.5. The summed E-state index contributed by atoms with van der Waals surface area (Å²) in [4.78, 5) is 20.4. The average Bonchev–Trinajstić information content (AvgIpc) is 3.02. The summed E-state index contributed by atoms with van der Waals surface area (Å²) < 4.78 is 72.8. The monoisotopic (exact) mass is 622 g/mol. The summed E-state index contributed by atoms with van der Waals surface area (Å²) in [5, 5.41) is -0.407. The van der Waals surface area contributed by atoms with Crippen LogP contribution >= 0.6 is 0 Å². The van der Waals surface area contributed by atoms with Crippen molar-refractivity contribution in [3.63, 3.8) is 0 Å². The van der Waals surface area contributed by atoms with Crippen molar-refractivity contribution in [3.05, 3.63) is 59.4 Å². The zero-order chi connectivity index (χ0) is 30.6. The number of hydrogen-bond acceptors (Lipinski definition) is 7. The first-order chi connectivity index (χ1) is 20.5. The van der Waals surface area contributed by atoms with E-state index in [2.05, 4.69) is 14.8 Å². The molecule has 236 valence electrons. The Morgan fingerprint density at radius 2 is 1.58 bits per heavy atom. The topological polar surface area (TPSA) is 83.0 Å². The van der Waals surface area contributed by atoms with Gasteiger partial charge < -0.3 is 14.5 Å². The third-order valence-corrected chi connectivity index (χ3v) is 11.6. The highest BCUT2D eigenvalue weighted by molar-refractivity contribution is 7.89. The highest BCUT2D eigenvalue weighted by Crippen LogP contribution is 2.35. The summed E-state index contributed by atoms with van der Waals surface area (Å²) >= 11 is 0. The molecule has 0 unspecified atom stereocenters. The number of carbonyl (C=O) groups excluding carboxylic acids is 1. The lowest BCUT2D eigenvalue weighted by Crippen LogP contribution is -2.48. The Morgan fingerprint density at radius 1 is 0.930 bits per heavy atom. The van der Waals surface area contributed by atoms with E-state index in [9.17, 15) is 26.4 Å². The highest BCUT2D eigenvalue weighted by Gasteiger charge is 2.38. The molecule has 3 fully saturated rings. The number of sulfonamides is 1. The quantitative estimate of drug-likeness (QED) is 0.376. The molecular weight excluding hydrogens is 581 g/mol. The number of anilines is 1. The number of hydrogen-bond donors (Lipinski definition) is 0. The molecule has 3 saturated heterocycles. The minimum absolute atomic E-state index is 0.126. The lowest BCUT2D eigenvalue weighted by molar-refractivity contribution is -0.137. The van der Waals surface area contributed by atoms with E-state index in [4.69, 9.17) is 4.74 Å². The Morgan fingerprint density at radius 3 is 2.19 bits per heavy atom. The number of likely N-dealkylation sites (tertiary alicyclic amines) is 1. The Hall–Kier alpha value is -2.70. The molecule has 0 bridgehead atoms. The molecule has 1 aromatic carbocycles. The molecule has 5 rings (SSSR count). The van der Waals surface area contributed by atoms with Crippen LogP contribution in [-0.4, -0.2) is 86.2 Å². The molecule has 3 aliphatic heterocycles. The fraction of sp³-hybridized carbons (Fsp3) is 0.613. The van der Waals surface area contributed by atoms with Gasteiger partial charge in [-0.3, -0.25) is 4.98 Å². The van der Waals surface area contributed by atoms with Crippen LogP contribution in [0.15, 0.2) is 42.7 Å². The van der Waals surface area contributed by atoms with Gasteiger partial charge in [-0.2, -0.15) is 13.2 Å². The number of esters is 1. The largest absolute Gasteiger partial charge is 0.462 e. The van der Waals surface area contributed by atoms with Crippen LogP contribution in [0, 0.1) is 5.92 Å². The molecule has 8 nitrogen and oxygen atoms in total. The number of pyridine rings is 1. The number of rotatable bonds is 8. The standard InChI is InChI=1S/C31H41F3N4O4S/c1-2-42-30(39)25-3-5-28(6-4-25)37-15-7-23(8-16-37)22-36-13-11-29(12-14-36)43(40,41)38-17-9-24(10-18-38)26-19-27(21-35-20-26)31(32,33)34/h3-6,19-21,23-24,29H,2,7-18,22H2,1H3. The molecule has 4 heterocycles. The zero-order valence-corrected chi connectivity index (χ0v) is 25.5. The smallest absolute Gasteiger partial charge is 0.417 e. The molecule has 43 heavy (non-hydrogen) atoms. The summed E-state index contributed by atoms with van der Waals surface area (Å²) in [5.41, 5.74) is 1.42. The Labute approximate surface area is 252 Å². The van der Waals surface area contributed by atoms with Crippen molar-refractivity contribution in [2.24, 2.45) is 5.92 Å². The molecule has 2 aromatic rings. The summed E-state index contributed by atoms with van der Waals surface area (Å²) in [6.07, 6.45) is 2.17. The van der Waals surface area contributed by atoms with Gasteiger partial charge in [-0.1, -0.05) is 0 Å². The first-order valence-electron chi connectivity index (χ1n) is 15.3. The summed E-state index contributed by atoms with van der Waals surface area (Å²) in [5.74, 6) is 0.131. The van der Waals surface area contributed by atoms with Gasteiger partial charge >= 0.3 is 12.1 Å². The molecule has 12 heteroatoms. The minimum atomic E-state index is -4.44. The van der Waals surface area contributed by atoms with Gasteiger partial charge in [0, 0.05) is 50.8 Å². The molecule has 1 aromatic heterocycles. The molecule has 0 amide bonds. The Balaban J connectivity index is 1.05. The number of piperidine rings is 3. The van der Waals surface area contributed by atoms with Gasteiger partial charge in [-0.15, -0.1) is 0 Å². The highest BCUT2D eigenvalue weighted by atomic mass is 32.2. The van der Waals surface area contributed by atoms with Gasteiger partial charge in [0.25, 0.3) is 0 Å². The number of benzene rings is 1. The molecule has 0 spiro atoms. The zero-order valence-electron chi connectivity index (χ0n) is 24.6. The van der Waals surface area contributed by atoms with E-state index in [0.29, 0.717) is 62.4 Å². The Kier molecular flexibility index (Phi) is 9.97. The van der Waals surface area contributed by atoms with E-state index in [1.165, 1.54) is 6.20 Å². The maximum absolute atomic E-state index is 13.4. The van der Waals surface area contributed by atoms with Crippen LogP contribution in [0.25, 0.3) is 0 Å². The van der Waals surface area contributed by atoms with E-state index in [-0.39, 0.29) is 11.9 Å². The van der Waals surface area contributed by atoms with Gasteiger partial charge in [0.05, 0.1) is 23.0 Å². The second-order valence-corrected chi connectivity index (χ2v) is 14.1. The van der Waals surface area contributed by atoms with E-state index < -0.39 is 27.0 Å². The Bertz CT molecular complexity index is 1330. The SMILES string of the molecule is CCOC(=O)c1ccc(N2CCC(CN3CCC(S(=O)(=O)N4CCC(c5cncc(C(F)(F)F)c5)CC4)CC3)CC2)cc1. The van der Waals surface area contributed by atoms with Gasteiger partial charge in [0.2, 0.25) is 10.0 Å². The van der Waals surface area contributed by atoms with E-state index in [1.54, 1.807) is 11.2 Å². The van der Waals surface area contributed by atoms with Crippen molar-refractivity contribution in [1.29, 1.82) is 0 Å². The van der Waals surface area contributed by atoms with Crippen LogP contribution in [0.4, 0.5) is 18.9 Å². The van der Waals surface area contributed by atoms with Crippen molar-refractivity contribution in [2.75, 3.05) is 57.3 Å². The number of alkyl halides is 3. The molecule has 0 atom stereocenters. The first kappa shape index (κ1) is 31.7. The van der Waals surface area contributed by atoms with Crippen LogP contribution < -0.4 is 4.90 Å².